The first-order valence-electron chi connectivity index (χ1n) is 10.9. The molecule has 5 nitrogen and oxygen atoms in total. The number of esters is 1. The second-order valence-electron chi connectivity index (χ2n) is 10.4. The van der Waals surface area contributed by atoms with Crippen molar-refractivity contribution in [1.82, 2.24) is 15.0 Å². The van der Waals surface area contributed by atoms with E-state index in [1.54, 1.807) is 49.7 Å². The molecule has 0 aliphatic heterocycles. The molecule has 3 rings (SSSR count). The summed E-state index contributed by atoms with van der Waals surface area (Å²) in [5, 5.41) is 8.03. The fourth-order valence-corrected chi connectivity index (χ4v) is 4.01. The molecule has 1 unspecified atom stereocenters. The van der Waals surface area contributed by atoms with Gasteiger partial charge >= 0.3 is 5.97 Å². The van der Waals surface area contributed by atoms with Crippen molar-refractivity contribution >= 4 is 5.97 Å². The van der Waals surface area contributed by atoms with Gasteiger partial charge in [-0.1, -0.05) is 23.8 Å². The van der Waals surface area contributed by atoms with E-state index in [1.165, 1.54) is 0 Å². The number of aromatic nitrogens is 3. The maximum Gasteiger partial charge on any atom is 0.338 e. The fourth-order valence-electron chi connectivity index (χ4n) is 4.01. The molecule has 1 aromatic heterocycles. The molecule has 1 aromatic carbocycles. The van der Waals surface area contributed by atoms with E-state index in [0.29, 0.717) is 24.1 Å². The van der Waals surface area contributed by atoms with Crippen molar-refractivity contribution < 1.29 is 18.3 Å². The van der Waals surface area contributed by atoms with Crippen LogP contribution >= 0.6 is 0 Å². The van der Waals surface area contributed by atoms with E-state index in [2.05, 4.69) is 10.3 Å². The monoisotopic (exact) mass is 433 g/mol. The van der Waals surface area contributed by atoms with Crippen LogP contribution in [0.25, 0.3) is 0 Å². The van der Waals surface area contributed by atoms with Gasteiger partial charge in [0.2, 0.25) is 0 Å². The number of benzene rings is 1. The topological polar surface area (TPSA) is 57.0 Å². The van der Waals surface area contributed by atoms with Gasteiger partial charge in [-0.25, -0.2) is 9.48 Å². The number of halogens is 2. The van der Waals surface area contributed by atoms with Crippen molar-refractivity contribution in [1.29, 1.82) is 0 Å². The maximum atomic E-state index is 15.6. The second-order valence-corrected chi connectivity index (χ2v) is 10.4. The molecule has 0 amide bonds. The predicted octanol–water partition coefficient (Wildman–Crippen LogP) is 5.67. The van der Waals surface area contributed by atoms with Crippen molar-refractivity contribution in [2.24, 2.45) is 5.92 Å². The zero-order valence-corrected chi connectivity index (χ0v) is 19.3. The molecular formula is C24H33F2N3O2. The van der Waals surface area contributed by atoms with Gasteiger partial charge in [0.1, 0.15) is 5.60 Å². The molecule has 0 saturated heterocycles. The number of rotatable bonds is 3. The molecule has 0 N–H and O–H groups in total. The van der Waals surface area contributed by atoms with E-state index in [0.717, 1.165) is 18.4 Å². The Hall–Kier alpha value is -2.31. The van der Waals surface area contributed by atoms with Gasteiger partial charge in [-0.05, 0) is 84.9 Å². The van der Waals surface area contributed by atoms with Crippen LogP contribution in [0, 0.1) is 5.92 Å². The summed E-state index contributed by atoms with van der Waals surface area (Å²) in [5.41, 5.74) is 0.558. The van der Waals surface area contributed by atoms with Gasteiger partial charge in [0.15, 0.2) is 5.69 Å². The predicted molar refractivity (Wildman–Crippen MR) is 115 cm³/mol. The summed E-state index contributed by atoms with van der Waals surface area (Å²) < 4.78 is 38.2. The smallest absolute Gasteiger partial charge is 0.338 e. The molecule has 1 atom stereocenters. The molecule has 7 heteroatoms. The minimum absolute atomic E-state index is 0.183. The van der Waals surface area contributed by atoms with Crippen LogP contribution in [0.5, 0.6) is 0 Å². The summed E-state index contributed by atoms with van der Waals surface area (Å²) in [6.07, 6.45) is 2.75. The summed E-state index contributed by atoms with van der Waals surface area (Å²) in [6.45, 7) is 11.3. The molecule has 2 aromatic rings. The van der Waals surface area contributed by atoms with Crippen molar-refractivity contribution in [3.05, 3.63) is 46.8 Å². The average molecular weight is 434 g/mol. The zero-order chi connectivity index (χ0) is 23.0. The van der Waals surface area contributed by atoms with Crippen LogP contribution < -0.4 is 0 Å². The lowest BCUT2D eigenvalue weighted by Crippen LogP contribution is -2.32. The van der Waals surface area contributed by atoms with Crippen LogP contribution in [-0.2, 0) is 29.0 Å². The van der Waals surface area contributed by atoms with Crippen molar-refractivity contribution in [3.63, 3.8) is 0 Å². The van der Waals surface area contributed by atoms with Crippen LogP contribution in [0.4, 0.5) is 8.78 Å². The highest BCUT2D eigenvalue weighted by Crippen LogP contribution is 2.43. The highest BCUT2D eigenvalue weighted by Gasteiger charge is 2.47. The van der Waals surface area contributed by atoms with E-state index in [-0.39, 0.29) is 12.1 Å². The SMILES string of the molecule is CC(C)(C)OC(=O)c1ccc(CC2CCCCc3c(nnn3C(C)(C)C)C2(F)F)cc1. The van der Waals surface area contributed by atoms with Gasteiger partial charge in [0.05, 0.1) is 16.8 Å². The Morgan fingerprint density at radius 3 is 2.35 bits per heavy atom. The standard InChI is InChI=1S/C24H33F2N3O2/c1-22(2,3)29-19-10-8-7-9-18(24(25,26)20(19)27-28-29)15-16-11-13-17(14-12-16)21(30)31-23(4,5)6/h11-14,18H,7-10,15H2,1-6H3. The Bertz CT molecular complexity index is 922. The number of hydrogen-bond acceptors (Lipinski definition) is 4. The van der Waals surface area contributed by atoms with E-state index in [1.807, 2.05) is 20.8 Å². The summed E-state index contributed by atoms with van der Waals surface area (Å²) in [7, 11) is 0. The maximum absolute atomic E-state index is 15.6. The van der Waals surface area contributed by atoms with Crippen molar-refractivity contribution in [3.8, 4) is 0 Å². The molecule has 0 bridgehead atoms. The third kappa shape index (κ3) is 5.31. The molecule has 1 heterocycles. The average Bonchev–Trinajstić information content (AvgIpc) is 3.07. The number of carbonyl (C=O) groups is 1. The molecule has 31 heavy (non-hydrogen) atoms. The molecule has 0 saturated carbocycles. The first-order chi connectivity index (χ1) is 14.3. The highest BCUT2D eigenvalue weighted by atomic mass is 19.3. The number of nitrogens with zero attached hydrogens (tertiary/aromatic N) is 3. The Balaban J connectivity index is 1.83. The van der Waals surface area contributed by atoms with Crippen LogP contribution in [-0.4, -0.2) is 26.6 Å². The number of ether oxygens (including phenoxy) is 1. The Morgan fingerprint density at radius 2 is 1.77 bits per heavy atom. The van der Waals surface area contributed by atoms with E-state index in [9.17, 15) is 4.79 Å². The molecule has 170 valence electrons. The van der Waals surface area contributed by atoms with Gasteiger partial charge in [-0.3, -0.25) is 0 Å². The van der Waals surface area contributed by atoms with Gasteiger partial charge in [0.25, 0.3) is 5.92 Å². The lowest BCUT2D eigenvalue weighted by atomic mass is 9.83. The number of hydrogen-bond donors (Lipinski definition) is 0. The third-order valence-corrected chi connectivity index (χ3v) is 5.51. The summed E-state index contributed by atoms with van der Waals surface area (Å²) in [4.78, 5) is 12.2. The Kier molecular flexibility index (Phi) is 6.27. The Morgan fingerprint density at radius 1 is 1.13 bits per heavy atom. The van der Waals surface area contributed by atoms with Gasteiger partial charge < -0.3 is 4.74 Å². The van der Waals surface area contributed by atoms with Crippen LogP contribution in [0.2, 0.25) is 0 Å². The normalized spacial score (nSPS) is 19.3. The first kappa shape index (κ1) is 23.4. The van der Waals surface area contributed by atoms with Crippen LogP contribution in [0.15, 0.2) is 24.3 Å². The van der Waals surface area contributed by atoms with Gasteiger partial charge in [0, 0.05) is 5.92 Å². The summed E-state index contributed by atoms with van der Waals surface area (Å²) in [6, 6.07) is 6.76. The van der Waals surface area contributed by atoms with Gasteiger partial charge in [-0.2, -0.15) is 8.78 Å². The third-order valence-electron chi connectivity index (χ3n) is 5.51. The van der Waals surface area contributed by atoms with Crippen molar-refractivity contribution in [2.45, 2.75) is 90.7 Å². The molecule has 1 aliphatic rings. The number of carbonyl (C=O) groups excluding carboxylic acids is 1. The molecule has 0 radical (unpaired) electrons. The quantitative estimate of drug-likeness (QED) is 0.586. The number of fused-ring (bicyclic) bond motifs is 1. The number of alkyl halides is 2. The highest BCUT2D eigenvalue weighted by molar-refractivity contribution is 5.89. The first-order valence-corrected chi connectivity index (χ1v) is 10.9. The lowest BCUT2D eigenvalue weighted by molar-refractivity contribution is -0.0751. The van der Waals surface area contributed by atoms with Crippen molar-refractivity contribution in [2.75, 3.05) is 0 Å². The van der Waals surface area contributed by atoms with Crippen LogP contribution in [0.1, 0.15) is 88.1 Å². The van der Waals surface area contributed by atoms with E-state index >= 15 is 8.78 Å². The molecular weight excluding hydrogens is 400 g/mol. The summed E-state index contributed by atoms with van der Waals surface area (Å²) in [5.74, 6) is -4.36. The minimum atomic E-state index is -3.07. The minimum Gasteiger partial charge on any atom is -0.456 e. The lowest BCUT2D eigenvalue weighted by Gasteiger charge is -2.30. The zero-order valence-electron chi connectivity index (χ0n) is 19.3. The van der Waals surface area contributed by atoms with E-state index in [4.69, 9.17) is 4.74 Å². The Labute approximate surface area is 183 Å². The van der Waals surface area contributed by atoms with Gasteiger partial charge in [-0.15, -0.1) is 5.10 Å². The largest absolute Gasteiger partial charge is 0.456 e. The molecule has 1 aliphatic carbocycles. The second kappa shape index (κ2) is 8.32. The fraction of sp³-hybridized carbons (Fsp3) is 0.625. The van der Waals surface area contributed by atoms with E-state index < -0.39 is 28.9 Å². The molecule has 0 spiro atoms. The van der Waals surface area contributed by atoms with Crippen LogP contribution in [0.3, 0.4) is 0 Å². The summed E-state index contributed by atoms with van der Waals surface area (Å²) >= 11 is 0. The molecule has 0 fully saturated rings.